The molecule has 1 saturated heterocycles. The van der Waals surface area contributed by atoms with Crippen LogP contribution in [0.4, 0.5) is 10.1 Å². The number of aliphatic carboxylic acids is 1. The van der Waals surface area contributed by atoms with E-state index in [0.717, 1.165) is 6.07 Å². The van der Waals surface area contributed by atoms with E-state index in [4.69, 9.17) is 5.11 Å². The number of rotatable bonds is 4. The summed E-state index contributed by atoms with van der Waals surface area (Å²) < 4.78 is 13.0. The van der Waals surface area contributed by atoms with Gasteiger partial charge in [0.15, 0.2) is 0 Å². The summed E-state index contributed by atoms with van der Waals surface area (Å²) >= 11 is 0. The number of nitrogens with zero attached hydrogens (tertiary/aromatic N) is 1. The SMILES string of the molecule is O=C(CN1CC(C(=O)O)CCC1=O)Nc1cccc(F)c1. The number of hydrogen-bond donors (Lipinski definition) is 2. The van der Waals surface area contributed by atoms with E-state index in [2.05, 4.69) is 5.32 Å². The van der Waals surface area contributed by atoms with E-state index >= 15 is 0 Å². The van der Waals surface area contributed by atoms with Crippen molar-refractivity contribution in [2.45, 2.75) is 12.8 Å². The molecule has 0 aromatic heterocycles. The zero-order valence-electron chi connectivity index (χ0n) is 11.2. The van der Waals surface area contributed by atoms with Crippen LogP contribution in [0.3, 0.4) is 0 Å². The van der Waals surface area contributed by atoms with Gasteiger partial charge in [0, 0.05) is 18.7 Å². The van der Waals surface area contributed by atoms with Crippen LogP contribution in [0.25, 0.3) is 0 Å². The molecule has 0 spiro atoms. The molecule has 2 rings (SSSR count). The van der Waals surface area contributed by atoms with Crippen LogP contribution in [0.2, 0.25) is 0 Å². The van der Waals surface area contributed by atoms with Crippen LogP contribution in [0.1, 0.15) is 12.8 Å². The summed E-state index contributed by atoms with van der Waals surface area (Å²) in [6, 6.07) is 5.40. The maximum absolute atomic E-state index is 13.0. The van der Waals surface area contributed by atoms with Gasteiger partial charge < -0.3 is 15.3 Å². The number of halogens is 1. The summed E-state index contributed by atoms with van der Waals surface area (Å²) in [6.07, 6.45) is 0.403. The van der Waals surface area contributed by atoms with Crippen molar-refractivity contribution in [3.8, 4) is 0 Å². The van der Waals surface area contributed by atoms with Gasteiger partial charge in [0.1, 0.15) is 5.82 Å². The van der Waals surface area contributed by atoms with Gasteiger partial charge in [-0.05, 0) is 24.6 Å². The van der Waals surface area contributed by atoms with Crippen molar-refractivity contribution in [2.75, 3.05) is 18.4 Å². The maximum atomic E-state index is 13.0. The Kier molecular flexibility index (Phi) is 4.52. The zero-order chi connectivity index (χ0) is 15.4. The summed E-state index contributed by atoms with van der Waals surface area (Å²) in [7, 11) is 0. The molecular weight excluding hydrogens is 279 g/mol. The molecule has 6 nitrogen and oxygen atoms in total. The number of amides is 2. The Morgan fingerprint density at radius 1 is 1.43 bits per heavy atom. The molecule has 0 saturated carbocycles. The lowest BCUT2D eigenvalue weighted by Gasteiger charge is -2.30. The summed E-state index contributed by atoms with van der Waals surface area (Å²) in [5, 5.41) is 11.4. The molecule has 1 unspecified atom stereocenters. The van der Waals surface area contributed by atoms with Crippen LogP contribution in [-0.2, 0) is 14.4 Å². The Morgan fingerprint density at radius 3 is 2.86 bits per heavy atom. The van der Waals surface area contributed by atoms with Gasteiger partial charge in [0.2, 0.25) is 11.8 Å². The summed E-state index contributed by atoms with van der Waals surface area (Å²) in [4.78, 5) is 35.7. The Hall–Kier alpha value is -2.44. The quantitative estimate of drug-likeness (QED) is 0.870. The van der Waals surface area contributed by atoms with Gasteiger partial charge in [-0.15, -0.1) is 0 Å². The molecule has 1 aromatic rings. The van der Waals surface area contributed by atoms with Gasteiger partial charge in [0.05, 0.1) is 12.5 Å². The van der Waals surface area contributed by atoms with Gasteiger partial charge in [0.25, 0.3) is 0 Å². The van der Waals surface area contributed by atoms with Crippen molar-refractivity contribution in [2.24, 2.45) is 5.92 Å². The molecule has 0 aliphatic carbocycles. The first-order valence-corrected chi connectivity index (χ1v) is 6.51. The van der Waals surface area contributed by atoms with E-state index in [1.807, 2.05) is 0 Å². The highest BCUT2D eigenvalue weighted by Crippen LogP contribution is 2.18. The molecule has 1 atom stereocenters. The number of carbonyl (C=O) groups is 3. The average molecular weight is 294 g/mol. The topological polar surface area (TPSA) is 86.7 Å². The highest BCUT2D eigenvalue weighted by Gasteiger charge is 2.30. The van der Waals surface area contributed by atoms with E-state index in [0.29, 0.717) is 5.69 Å². The van der Waals surface area contributed by atoms with Crippen molar-refractivity contribution < 1.29 is 23.9 Å². The second-order valence-electron chi connectivity index (χ2n) is 4.91. The van der Waals surface area contributed by atoms with Crippen molar-refractivity contribution in [3.63, 3.8) is 0 Å². The molecule has 1 aromatic carbocycles. The number of carbonyl (C=O) groups excluding carboxylic acids is 2. The number of carboxylic acid groups (broad SMARTS) is 1. The smallest absolute Gasteiger partial charge is 0.308 e. The fourth-order valence-electron chi connectivity index (χ4n) is 2.21. The van der Waals surface area contributed by atoms with E-state index in [1.165, 1.54) is 23.1 Å². The molecule has 7 heteroatoms. The Balaban J connectivity index is 1.94. The zero-order valence-corrected chi connectivity index (χ0v) is 11.2. The van der Waals surface area contributed by atoms with Crippen LogP contribution in [0.15, 0.2) is 24.3 Å². The van der Waals surface area contributed by atoms with Gasteiger partial charge in [-0.25, -0.2) is 4.39 Å². The average Bonchev–Trinajstić information content (AvgIpc) is 2.41. The third kappa shape index (κ3) is 4.01. The minimum Gasteiger partial charge on any atom is -0.481 e. The molecule has 112 valence electrons. The lowest BCUT2D eigenvalue weighted by Crippen LogP contribution is -2.46. The minimum atomic E-state index is -0.974. The first kappa shape index (κ1) is 15.0. The molecule has 2 amide bonds. The molecular formula is C14H15FN2O4. The van der Waals surface area contributed by atoms with Crippen LogP contribution < -0.4 is 5.32 Å². The summed E-state index contributed by atoms with van der Waals surface area (Å²) in [6.45, 7) is -0.218. The number of nitrogens with one attached hydrogen (secondary N) is 1. The van der Waals surface area contributed by atoms with Crippen molar-refractivity contribution in [3.05, 3.63) is 30.1 Å². The summed E-state index contributed by atoms with van der Waals surface area (Å²) in [5.41, 5.74) is 0.291. The third-order valence-corrected chi connectivity index (χ3v) is 3.29. The molecule has 1 aliphatic heterocycles. The predicted molar refractivity (Wildman–Crippen MR) is 72.0 cm³/mol. The van der Waals surface area contributed by atoms with Crippen LogP contribution >= 0.6 is 0 Å². The molecule has 0 bridgehead atoms. The third-order valence-electron chi connectivity index (χ3n) is 3.29. The van der Waals surface area contributed by atoms with Gasteiger partial charge in [-0.2, -0.15) is 0 Å². The lowest BCUT2D eigenvalue weighted by molar-refractivity contribution is -0.148. The van der Waals surface area contributed by atoms with E-state index < -0.39 is 23.6 Å². The summed E-state index contributed by atoms with van der Waals surface area (Å²) in [5.74, 6) is -2.84. The van der Waals surface area contributed by atoms with Crippen LogP contribution in [0, 0.1) is 11.7 Å². The predicted octanol–water partition coefficient (Wildman–Crippen LogP) is 1.09. The fraction of sp³-hybridized carbons (Fsp3) is 0.357. The minimum absolute atomic E-state index is 0.0186. The lowest BCUT2D eigenvalue weighted by atomic mass is 9.98. The van der Waals surface area contributed by atoms with Crippen LogP contribution in [-0.4, -0.2) is 40.9 Å². The number of likely N-dealkylation sites (tertiary alicyclic amines) is 1. The Labute approximate surface area is 120 Å². The van der Waals surface area contributed by atoms with Crippen molar-refractivity contribution in [1.82, 2.24) is 4.90 Å². The molecule has 1 fully saturated rings. The molecule has 1 heterocycles. The van der Waals surface area contributed by atoms with Gasteiger partial charge >= 0.3 is 5.97 Å². The van der Waals surface area contributed by atoms with Crippen molar-refractivity contribution >= 4 is 23.5 Å². The molecule has 21 heavy (non-hydrogen) atoms. The number of carboxylic acids is 1. The second-order valence-corrected chi connectivity index (χ2v) is 4.91. The molecule has 2 N–H and O–H groups in total. The highest BCUT2D eigenvalue weighted by molar-refractivity contribution is 5.94. The molecule has 0 radical (unpaired) electrons. The van der Waals surface area contributed by atoms with Crippen molar-refractivity contribution in [1.29, 1.82) is 0 Å². The van der Waals surface area contributed by atoms with Crippen LogP contribution in [0.5, 0.6) is 0 Å². The Morgan fingerprint density at radius 2 is 2.19 bits per heavy atom. The fourth-order valence-corrected chi connectivity index (χ4v) is 2.21. The van der Waals surface area contributed by atoms with E-state index in [1.54, 1.807) is 0 Å². The normalized spacial score (nSPS) is 18.4. The van der Waals surface area contributed by atoms with E-state index in [9.17, 15) is 18.8 Å². The number of benzene rings is 1. The number of hydrogen-bond acceptors (Lipinski definition) is 3. The van der Waals surface area contributed by atoms with Gasteiger partial charge in [-0.3, -0.25) is 14.4 Å². The monoisotopic (exact) mass is 294 g/mol. The molecule has 1 aliphatic rings. The maximum Gasteiger partial charge on any atom is 0.308 e. The largest absolute Gasteiger partial charge is 0.481 e. The second kappa shape index (κ2) is 6.34. The highest BCUT2D eigenvalue weighted by atomic mass is 19.1. The van der Waals surface area contributed by atoms with Gasteiger partial charge in [-0.1, -0.05) is 6.07 Å². The first-order valence-electron chi connectivity index (χ1n) is 6.51. The Bertz CT molecular complexity index is 576. The number of piperidine rings is 1. The van der Waals surface area contributed by atoms with E-state index in [-0.39, 0.29) is 31.8 Å². The first-order chi connectivity index (χ1) is 9.95. The standard InChI is InChI=1S/C14H15FN2O4/c15-10-2-1-3-11(6-10)16-12(18)8-17-7-9(14(20)21)4-5-13(17)19/h1-3,6,9H,4-5,7-8H2,(H,16,18)(H,20,21). The number of anilines is 1.